The van der Waals surface area contributed by atoms with Crippen molar-refractivity contribution in [3.05, 3.63) is 0 Å². The fourth-order valence-electron chi connectivity index (χ4n) is 1.79. The highest BCUT2D eigenvalue weighted by molar-refractivity contribution is 5.75. The van der Waals surface area contributed by atoms with Gasteiger partial charge in [-0.05, 0) is 5.92 Å². The monoisotopic (exact) mass is 213 g/mol. The van der Waals surface area contributed by atoms with Crippen LogP contribution in [0.4, 0.5) is 0 Å². The summed E-state index contributed by atoms with van der Waals surface area (Å²) in [5.74, 6) is 0.701. The molecule has 1 rings (SSSR count). The van der Waals surface area contributed by atoms with Gasteiger partial charge in [-0.1, -0.05) is 13.8 Å². The van der Waals surface area contributed by atoms with Crippen molar-refractivity contribution in [2.24, 2.45) is 11.7 Å². The number of likely N-dealkylation sites (tertiary alicyclic amines) is 1. The predicted octanol–water partition coefficient (Wildman–Crippen LogP) is 0.134. The van der Waals surface area contributed by atoms with Gasteiger partial charge in [-0.3, -0.25) is 9.69 Å². The molecule has 1 amide bonds. The number of amides is 1. The number of hydrogen-bond acceptors (Lipinski definition) is 3. The van der Waals surface area contributed by atoms with Crippen molar-refractivity contribution in [3.63, 3.8) is 0 Å². The van der Waals surface area contributed by atoms with Gasteiger partial charge in [0.05, 0.1) is 0 Å². The van der Waals surface area contributed by atoms with Gasteiger partial charge >= 0.3 is 0 Å². The van der Waals surface area contributed by atoms with Gasteiger partial charge < -0.3 is 10.6 Å². The second-order valence-corrected chi connectivity index (χ2v) is 5.14. The summed E-state index contributed by atoms with van der Waals surface area (Å²) in [5.41, 5.74) is 6.14. The summed E-state index contributed by atoms with van der Waals surface area (Å²) in [4.78, 5) is 15.2. The van der Waals surface area contributed by atoms with E-state index in [0.717, 1.165) is 19.6 Å². The minimum absolute atomic E-state index is 0.0266. The van der Waals surface area contributed by atoms with E-state index < -0.39 is 0 Å². The zero-order valence-corrected chi connectivity index (χ0v) is 10.3. The zero-order valence-electron chi connectivity index (χ0n) is 10.3. The first-order chi connectivity index (χ1) is 6.85. The maximum atomic E-state index is 11.4. The van der Waals surface area contributed by atoms with E-state index in [9.17, 15) is 4.79 Å². The molecule has 4 nitrogen and oxygen atoms in total. The maximum absolute atomic E-state index is 11.4. The fraction of sp³-hybridized carbons (Fsp3) is 0.909. The lowest BCUT2D eigenvalue weighted by molar-refractivity contribution is -0.129. The van der Waals surface area contributed by atoms with Crippen LogP contribution in [-0.2, 0) is 4.79 Å². The first-order valence-corrected chi connectivity index (χ1v) is 5.56. The Kier molecular flexibility index (Phi) is 3.73. The Balaban J connectivity index is 2.21. The van der Waals surface area contributed by atoms with Crippen molar-refractivity contribution in [1.82, 2.24) is 9.80 Å². The van der Waals surface area contributed by atoms with Crippen LogP contribution in [0.15, 0.2) is 0 Å². The van der Waals surface area contributed by atoms with Crippen LogP contribution in [0.25, 0.3) is 0 Å². The van der Waals surface area contributed by atoms with Crippen molar-refractivity contribution in [2.75, 3.05) is 33.7 Å². The Labute approximate surface area is 92.4 Å². The molecule has 1 aliphatic rings. The lowest BCUT2D eigenvalue weighted by Crippen LogP contribution is -2.70. The van der Waals surface area contributed by atoms with Crippen molar-refractivity contribution < 1.29 is 4.79 Å². The minimum atomic E-state index is -0.0266. The molecule has 1 aliphatic heterocycles. The van der Waals surface area contributed by atoms with Crippen molar-refractivity contribution in [2.45, 2.75) is 25.8 Å². The molecule has 0 aromatic rings. The molecule has 0 saturated carbocycles. The van der Waals surface area contributed by atoms with E-state index in [1.807, 2.05) is 0 Å². The molecule has 4 heteroatoms. The summed E-state index contributed by atoms with van der Waals surface area (Å²) in [7, 11) is 3.58. The van der Waals surface area contributed by atoms with E-state index in [1.165, 1.54) is 0 Å². The van der Waals surface area contributed by atoms with Crippen LogP contribution >= 0.6 is 0 Å². The smallest absolute Gasteiger partial charge is 0.223 e. The third-order valence-electron chi connectivity index (χ3n) is 3.33. The van der Waals surface area contributed by atoms with Crippen molar-refractivity contribution >= 4 is 5.91 Å². The van der Waals surface area contributed by atoms with E-state index in [4.69, 9.17) is 5.73 Å². The standard InChI is InChI=1S/C11H23N3O/c1-9(2)11(12)7-14(8-11)6-5-10(15)13(3)4/h9H,5-8,12H2,1-4H3. The molecule has 0 aliphatic carbocycles. The molecule has 0 radical (unpaired) electrons. The van der Waals surface area contributed by atoms with Gasteiger partial charge in [0.15, 0.2) is 0 Å². The van der Waals surface area contributed by atoms with Crippen LogP contribution in [0.3, 0.4) is 0 Å². The second-order valence-electron chi connectivity index (χ2n) is 5.14. The molecular formula is C11H23N3O. The zero-order chi connectivity index (χ0) is 11.6. The molecule has 0 atom stereocenters. The Morgan fingerprint density at radius 3 is 2.40 bits per heavy atom. The van der Waals surface area contributed by atoms with Gasteiger partial charge in [0, 0.05) is 45.7 Å². The Morgan fingerprint density at radius 2 is 2.00 bits per heavy atom. The largest absolute Gasteiger partial charge is 0.349 e. The van der Waals surface area contributed by atoms with E-state index >= 15 is 0 Å². The molecule has 0 aromatic carbocycles. The lowest BCUT2D eigenvalue weighted by atomic mass is 9.80. The molecule has 88 valence electrons. The Bertz CT molecular complexity index is 232. The topological polar surface area (TPSA) is 49.6 Å². The van der Waals surface area contributed by atoms with Crippen LogP contribution < -0.4 is 5.73 Å². The number of carbonyl (C=O) groups is 1. The SMILES string of the molecule is CC(C)C1(N)CN(CCC(=O)N(C)C)C1. The van der Waals surface area contributed by atoms with Gasteiger partial charge in [0.25, 0.3) is 0 Å². The van der Waals surface area contributed by atoms with Crippen molar-refractivity contribution in [3.8, 4) is 0 Å². The van der Waals surface area contributed by atoms with Crippen LogP contribution in [-0.4, -0.2) is 55.0 Å². The summed E-state index contributed by atoms with van der Waals surface area (Å²) in [5, 5.41) is 0. The van der Waals surface area contributed by atoms with Crippen LogP contribution in [0.2, 0.25) is 0 Å². The number of carbonyl (C=O) groups excluding carboxylic acids is 1. The first-order valence-electron chi connectivity index (χ1n) is 5.56. The number of rotatable bonds is 4. The Morgan fingerprint density at radius 1 is 1.47 bits per heavy atom. The molecule has 15 heavy (non-hydrogen) atoms. The van der Waals surface area contributed by atoms with Crippen LogP contribution in [0.1, 0.15) is 20.3 Å². The minimum Gasteiger partial charge on any atom is -0.349 e. The molecule has 0 aromatic heterocycles. The highest BCUT2D eigenvalue weighted by Crippen LogP contribution is 2.25. The quantitative estimate of drug-likeness (QED) is 0.722. The maximum Gasteiger partial charge on any atom is 0.223 e. The summed E-state index contributed by atoms with van der Waals surface area (Å²) in [6, 6.07) is 0. The highest BCUT2D eigenvalue weighted by Gasteiger charge is 2.41. The molecule has 0 spiro atoms. The number of hydrogen-bond donors (Lipinski definition) is 1. The average molecular weight is 213 g/mol. The van der Waals surface area contributed by atoms with Gasteiger partial charge in [0.1, 0.15) is 0 Å². The molecule has 2 N–H and O–H groups in total. The summed E-state index contributed by atoms with van der Waals surface area (Å²) in [6.07, 6.45) is 0.598. The first kappa shape index (κ1) is 12.5. The number of nitrogens with two attached hydrogens (primary N) is 1. The molecule has 0 bridgehead atoms. The van der Waals surface area contributed by atoms with Crippen LogP contribution in [0.5, 0.6) is 0 Å². The third-order valence-corrected chi connectivity index (χ3v) is 3.33. The highest BCUT2D eigenvalue weighted by atomic mass is 16.2. The summed E-state index contributed by atoms with van der Waals surface area (Å²) < 4.78 is 0. The van der Waals surface area contributed by atoms with Crippen molar-refractivity contribution in [1.29, 1.82) is 0 Å². The lowest BCUT2D eigenvalue weighted by Gasteiger charge is -2.50. The van der Waals surface area contributed by atoms with E-state index in [-0.39, 0.29) is 11.4 Å². The summed E-state index contributed by atoms with van der Waals surface area (Å²) >= 11 is 0. The molecular weight excluding hydrogens is 190 g/mol. The number of nitrogens with zero attached hydrogens (tertiary/aromatic N) is 2. The second kappa shape index (κ2) is 4.49. The average Bonchev–Trinajstić information content (AvgIpc) is 2.09. The van der Waals surface area contributed by atoms with E-state index in [1.54, 1.807) is 19.0 Å². The Hall–Kier alpha value is -0.610. The normalized spacial score (nSPS) is 20.1. The van der Waals surface area contributed by atoms with Gasteiger partial charge in [-0.25, -0.2) is 0 Å². The van der Waals surface area contributed by atoms with E-state index in [0.29, 0.717) is 12.3 Å². The third kappa shape index (κ3) is 2.92. The predicted molar refractivity (Wildman–Crippen MR) is 61.5 cm³/mol. The molecule has 1 saturated heterocycles. The van der Waals surface area contributed by atoms with Gasteiger partial charge in [0.2, 0.25) is 5.91 Å². The van der Waals surface area contributed by atoms with Crippen LogP contribution in [0, 0.1) is 5.92 Å². The fourth-order valence-corrected chi connectivity index (χ4v) is 1.79. The van der Waals surface area contributed by atoms with Gasteiger partial charge in [-0.15, -0.1) is 0 Å². The molecule has 1 fully saturated rings. The van der Waals surface area contributed by atoms with Gasteiger partial charge in [-0.2, -0.15) is 0 Å². The van der Waals surface area contributed by atoms with E-state index in [2.05, 4.69) is 18.7 Å². The molecule has 0 unspecified atom stereocenters. The summed E-state index contributed by atoms with van der Waals surface area (Å²) in [6.45, 7) is 6.99. The molecule has 1 heterocycles.